The fraction of sp³-hybridized carbons (Fsp3) is 1.00. The van der Waals surface area contributed by atoms with E-state index in [0.717, 1.165) is 45.5 Å². The van der Waals surface area contributed by atoms with Crippen molar-refractivity contribution in [3.63, 3.8) is 0 Å². The molecule has 1 spiro atoms. The van der Waals surface area contributed by atoms with Crippen LogP contribution in [0, 0.1) is 5.92 Å². The maximum absolute atomic E-state index is 6.63. The number of hydrogen-bond donors (Lipinski definition) is 1. The van der Waals surface area contributed by atoms with Crippen LogP contribution in [-0.2, 0) is 14.2 Å². The zero-order valence-electron chi connectivity index (χ0n) is 12.0. The Hall–Kier alpha value is -0.160. The van der Waals surface area contributed by atoms with Gasteiger partial charge in [0.15, 0.2) is 0 Å². The summed E-state index contributed by atoms with van der Waals surface area (Å²) in [5.41, 5.74) is 6.62. The lowest BCUT2D eigenvalue weighted by Crippen LogP contribution is -2.59. The van der Waals surface area contributed by atoms with E-state index >= 15 is 0 Å². The van der Waals surface area contributed by atoms with Crippen molar-refractivity contribution in [2.45, 2.75) is 62.2 Å². The molecule has 2 N–H and O–H groups in total. The Balaban J connectivity index is 1.69. The molecular formula is C15H27NO3. The summed E-state index contributed by atoms with van der Waals surface area (Å²) in [6.07, 6.45) is 7.81. The van der Waals surface area contributed by atoms with E-state index in [4.69, 9.17) is 19.9 Å². The van der Waals surface area contributed by atoms with Gasteiger partial charge in [0, 0.05) is 45.8 Å². The summed E-state index contributed by atoms with van der Waals surface area (Å²) in [6, 6.07) is 0.114. The molecule has 0 aromatic carbocycles. The molecule has 0 aromatic rings. The van der Waals surface area contributed by atoms with Crippen molar-refractivity contribution in [1.82, 2.24) is 0 Å². The van der Waals surface area contributed by atoms with Gasteiger partial charge in [0.2, 0.25) is 0 Å². The average Bonchev–Trinajstić information content (AvgIpc) is 2.45. The SMILES string of the molecule is COC1(C(N)C2CCOC3(CCC3)C2)CCOCC1. The van der Waals surface area contributed by atoms with Gasteiger partial charge in [-0.3, -0.25) is 0 Å². The van der Waals surface area contributed by atoms with Gasteiger partial charge >= 0.3 is 0 Å². The summed E-state index contributed by atoms with van der Waals surface area (Å²) in [4.78, 5) is 0. The van der Waals surface area contributed by atoms with Crippen molar-refractivity contribution >= 4 is 0 Å². The predicted molar refractivity (Wildman–Crippen MR) is 73.0 cm³/mol. The minimum Gasteiger partial charge on any atom is -0.381 e. The first-order valence-corrected chi connectivity index (χ1v) is 7.72. The maximum Gasteiger partial charge on any atom is 0.0875 e. The highest BCUT2D eigenvalue weighted by Gasteiger charge is 2.49. The topological polar surface area (TPSA) is 53.7 Å². The van der Waals surface area contributed by atoms with Gasteiger partial charge in [-0.05, 0) is 38.0 Å². The summed E-state index contributed by atoms with van der Waals surface area (Å²) < 4.78 is 17.4. The van der Waals surface area contributed by atoms with Crippen LogP contribution < -0.4 is 5.73 Å². The second-order valence-corrected chi connectivity index (χ2v) is 6.54. The van der Waals surface area contributed by atoms with E-state index in [0.29, 0.717) is 5.92 Å². The number of nitrogens with two attached hydrogens (primary N) is 1. The van der Waals surface area contributed by atoms with Crippen molar-refractivity contribution in [3.8, 4) is 0 Å². The maximum atomic E-state index is 6.63. The zero-order chi connectivity index (χ0) is 13.3. The molecule has 0 bridgehead atoms. The molecule has 1 aliphatic carbocycles. The smallest absolute Gasteiger partial charge is 0.0875 e. The van der Waals surface area contributed by atoms with Gasteiger partial charge < -0.3 is 19.9 Å². The molecule has 4 heteroatoms. The third-order valence-electron chi connectivity index (χ3n) is 5.66. The van der Waals surface area contributed by atoms with E-state index in [-0.39, 0.29) is 17.2 Å². The minimum absolute atomic E-state index is 0.114. The Morgan fingerprint density at radius 1 is 1.16 bits per heavy atom. The molecule has 2 atom stereocenters. The molecule has 0 radical (unpaired) electrons. The average molecular weight is 269 g/mol. The summed E-state index contributed by atoms with van der Waals surface area (Å²) >= 11 is 0. The molecule has 2 heterocycles. The van der Waals surface area contributed by atoms with Gasteiger partial charge in [-0.25, -0.2) is 0 Å². The fourth-order valence-electron chi connectivity index (χ4n) is 4.11. The van der Waals surface area contributed by atoms with Gasteiger partial charge in [-0.15, -0.1) is 0 Å². The monoisotopic (exact) mass is 269 g/mol. The van der Waals surface area contributed by atoms with Crippen LogP contribution in [0.15, 0.2) is 0 Å². The highest BCUT2D eigenvalue weighted by Crippen LogP contribution is 2.46. The van der Waals surface area contributed by atoms with Crippen LogP contribution in [0.5, 0.6) is 0 Å². The van der Waals surface area contributed by atoms with E-state index in [2.05, 4.69) is 0 Å². The summed E-state index contributed by atoms with van der Waals surface area (Å²) in [7, 11) is 1.81. The van der Waals surface area contributed by atoms with Gasteiger partial charge in [0.1, 0.15) is 0 Å². The molecule has 3 fully saturated rings. The third-order valence-corrected chi connectivity index (χ3v) is 5.66. The van der Waals surface area contributed by atoms with Crippen molar-refractivity contribution in [2.24, 2.45) is 11.7 Å². The first-order chi connectivity index (χ1) is 9.20. The van der Waals surface area contributed by atoms with Gasteiger partial charge in [-0.2, -0.15) is 0 Å². The van der Waals surface area contributed by atoms with Crippen LogP contribution in [0.4, 0.5) is 0 Å². The van der Waals surface area contributed by atoms with E-state index in [1.54, 1.807) is 0 Å². The number of rotatable bonds is 3. The normalized spacial score (nSPS) is 34.7. The highest BCUT2D eigenvalue weighted by atomic mass is 16.5. The second kappa shape index (κ2) is 5.32. The van der Waals surface area contributed by atoms with Crippen LogP contribution in [-0.4, -0.2) is 44.2 Å². The molecule has 2 aliphatic heterocycles. The van der Waals surface area contributed by atoms with Crippen molar-refractivity contribution in [1.29, 1.82) is 0 Å². The highest BCUT2D eigenvalue weighted by molar-refractivity contribution is 5.02. The van der Waals surface area contributed by atoms with E-state index in [9.17, 15) is 0 Å². The molecule has 4 nitrogen and oxygen atoms in total. The van der Waals surface area contributed by atoms with Crippen LogP contribution in [0.3, 0.4) is 0 Å². The first-order valence-electron chi connectivity index (χ1n) is 7.72. The Morgan fingerprint density at radius 2 is 1.89 bits per heavy atom. The second-order valence-electron chi connectivity index (χ2n) is 6.54. The van der Waals surface area contributed by atoms with Gasteiger partial charge in [0.25, 0.3) is 0 Å². The standard InChI is InChI=1S/C15H27NO3/c1-17-15(6-9-18-10-7-15)13(16)12-3-8-19-14(11-12)4-2-5-14/h12-13H,2-11,16H2,1H3. The zero-order valence-corrected chi connectivity index (χ0v) is 12.0. The third kappa shape index (κ3) is 2.44. The van der Waals surface area contributed by atoms with E-state index < -0.39 is 0 Å². The minimum atomic E-state index is -0.175. The van der Waals surface area contributed by atoms with Crippen LogP contribution in [0.2, 0.25) is 0 Å². The molecule has 110 valence electrons. The van der Waals surface area contributed by atoms with Crippen molar-refractivity contribution < 1.29 is 14.2 Å². The molecule has 3 rings (SSSR count). The molecule has 0 aromatic heterocycles. The molecule has 2 unspecified atom stereocenters. The fourth-order valence-corrected chi connectivity index (χ4v) is 4.11. The Kier molecular flexibility index (Phi) is 3.87. The largest absolute Gasteiger partial charge is 0.381 e. The molecule has 19 heavy (non-hydrogen) atoms. The Morgan fingerprint density at radius 3 is 2.47 bits per heavy atom. The molecule has 3 aliphatic rings. The van der Waals surface area contributed by atoms with Crippen LogP contribution >= 0.6 is 0 Å². The van der Waals surface area contributed by atoms with Gasteiger partial charge in [-0.1, -0.05) is 0 Å². The number of hydrogen-bond acceptors (Lipinski definition) is 4. The Bertz CT molecular complexity index is 311. The molecule has 2 saturated heterocycles. The molecular weight excluding hydrogens is 242 g/mol. The summed E-state index contributed by atoms with van der Waals surface area (Å²) in [6.45, 7) is 2.42. The molecule has 0 amide bonds. The lowest BCUT2D eigenvalue weighted by atomic mass is 9.67. The summed E-state index contributed by atoms with van der Waals surface area (Å²) in [5, 5.41) is 0. The summed E-state index contributed by atoms with van der Waals surface area (Å²) in [5.74, 6) is 0.534. The quantitative estimate of drug-likeness (QED) is 0.849. The van der Waals surface area contributed by atoms with Crippen LogP contribution in [0.25, 0.3) is 0 Å². The van der Waals surface area contributed by atoms with Crippen molar-refractivity contribution in [3.05, 3.63) is 0 Å². The first kappa shape index (κ1) is 13.8. The van der Waals surface area contributed by atoms with Gasteiger partial charge in [0.05, 0.1) is 11.2 Å². The lowest BCUT2D eigenvalue weighted by Gasteiger charge is -2.51. The molecule has 1 saturated carbocycles. The van der Waals surface area contributed by atoms with Crippen LogP contribution in [0.1, 0.15) is 44.9 Å². The van der Waals surface area contributed by atoms with Crippen molar-refractivity contribution in [2.75, 3.05) is 26.9 Å². The van der Waals surface area contributed by atoms with E-state index in [1.807, 2.05) is 7.11 Å². The number of methoxy groups -OCH3 is 1. The number of ether oxygens (including phenoxy) is 3. The predicted octanol–water partition coefficient (Wildman–Crippen LogP) is 1.86. The Labute approximate surface area is 116 Å². The lowest BCUT2D eigenvalue weighted by molar-refractivity contribution is -0.167. The van der Waals surface area contributed by atoms with E-state index in [1.165, 1.54) is 19.3 Å².